The summed E-state index contributed by atoms with van der Waals surface area (Å²) in [5.41, 5.74) is 14.3. The summed E-state index contributed by atoms with van der Waals surface area (Å²) in [5.74, 6) is -0.670. The number of aliphatic hydroxyl groups is 1. The molecule has 0 unspecified atom stereocenters. The third-order valence-corrected chi connectivity index (χ3v) is 12.2. The molecule has 0 fully saturated rings. The van der Waals surface area contributed by atoms with Crippen molar-refractivity contribution in [1.82, 2.24) is 5.32 Å². The van der Waals surface area contributed by atoms with E-state index in [4.69, 9.17) is 26.4 Å². The number of nitrogens with one attached hydrogen (secondary N) is 1. The van der Waals surface area contributed by atoms with Gasteiger partial charge in [-0.2, -0.15) is 0 Å². The first kappa shape index (κ1) is 74.0. The predicted molar refractivity (Wildman–Crippen MR) is 287 cm³/mol. The van der Waals surface area contributed by atoms with Crippen LogP contribution in [-0.2, 0) is 9.53 Å². The van der Waals surface area contributed by atoms with Gasteiger partial charge in [0.05, 0.1) is 6.54 Å². The lowest BCUT2D eigenvalue weighted by atomic mass is 10.1. The van der Waals surface area contributed by atoms with E-state index < -0.39 is 11.6 Å². The predicted octanol–water partition coefficient (Wildman–Crippen LogP) is 12.1. The maximum absolute atomic E-state index is 11.4. The van der Waals surface area contributed by atoms with Crippen LogP contribution in [0.3, 0.4) is 0 Å². The Kier molecular flexibility index (Phi) is 77.7. The van der Waals surface area contributed by atoms with Gasteiger partial charge in [-0.05, 0) is 91.6 Å². The number of aliphatic hydroxyl groups excluding tert-OH is 1. The quantitative estimate of drug-likeness (QED) is 0.0260. The van der Waals surface area contributed by atoms with Gasteiger partial charge in [0.25, 0.3) is 0 Å². The van der Waals surface area contributed by atoms with Crippen molar-refractivity contribution in [3.8, 4) is 0 Å². The van der Waals surface area contributed by atoms with Gasteiger partial charge in [0.1, 0.15) is 5.60 Å². The van der Waals surface area contributed by atoms with Crippen LogP contribution < -0.4 is 39.5 Å². The van der Waals surface area contributed by atoms with E-state index in [1.165, 1.54) is 224 Å². The van der Waals surface area contributed by atoms with Crippen LogP contribution in [0, 0.1) is 0 Å². The molecule has 0 aliphatic heterocycles. The van der Waals surface area contributed by atoms with E-state index in [0.717, 1.165) is 63.6 Å². The molecule has 0 saturated heterocycles. The van der Waals surface area contributed by atoms with Crippen molar-refractivity contribution in [1.29, 1.82) is 0 Å². The van der Waals surface area contributed by atoms with Crippen LogP contribution in [0.25, 0.3) is 0 Å². The van der Waals surface area contributed by atoms with Gasteiger partial charge in [-0.25, -0.2) is 4.79 Å². The number of carboxylic acids is 1. The molecule has 0 aromatic carbocycles. The number of alkyl carbamates (subject to hydrolysis) is 1. The van der Waals surface area contributed by atoms with E-state index in [-0.39, 0.29) is 23.1 Å². The SMILES string of the molecule is CC(C)(C)OC(=O)NCCCCCCCCCCCCBr.NCCCCCCCCCCCC(=O)O.NCCCCCCCCCCCCO.[Br-].[NH3+]CCCCCCCCCCCCBr. The van der Waals surface area contributed by atoms with Gasteiger partial charge in [-0.15, -0.1) is 0 Å². The van der Waals surface area contributed by atoms with Crippen LogP contribution in [0.1, 0.15) is 278 Å². The Bertz CT molecular complexity index is 811. The fourth-order valence-electron chi connectivity index (χ4n) is 7.15. The highest BCUT2D eigenvalue weighted by atomic mass is 79.9. The smallest absolute Gasteiger partial charge is 0.407 e. The highest BCUT2D eigenvalue weighted by Gasteiger charge is 2.15. The fourth-order valence-corrected chi connectivity index (χ4v) is 7.95. The van der Waals surface area contributed by atoms with Gasteiger partial charge in [0, 0.05) is 30.2 Å². The largest absolute Gasteiger partial charge is 1.00 e. The number of aliphatic carboxylic acids is 1. The summed E-state index contributed by atoms with van der Waals surface area (Å²) in [7, 11) is 0. The topological polar surface area (TPSA) is 176 Å². The zero-order chi connectivity index (χ0) is 48.3. The molecule has 0 bridgehead atoms. The number of ether oxygens (including phenoxy) is 1. The average Bonchev–Trinajstić information content (AvgIpc) is 3.26. The van der Waals surface area contributed by atoms with Gasteiger partial charge in [-0.1, -0.05) is 224 Å². The first-order valence-electron chi connectivity index (χ1n) is 27.2. The molecule has 0 atom stereocenters. The minimum absolute atomic E-state index is 0. The van der Waals surface area contributed by atoms with Gasteiger partial charge in [0.2, 0.25) is 0 Å². The van der Waals surface area contributed by atoms with E-state index in [2.05, 4.69) is 42.9 Å². The number of carbonyl (C=O) groups is 2. The molecular weight excluding hydrogens is 1010 g/mol. The highest BCUT2D eigenvalue weighted by molar-refractivity contribution is 9.09. The normalized spacial score (nSPS) is 10.7. The van der Waals surface area contributed by atoms with Crippen molar-refractivity contribution in [3.05, 3.63) is 0 Å². The van der Waals surface area contributed by atoms with Crippen LogP contribution in [-0.4, -0.2) is 71.3 Å². The number of carboxylic acid groups (broad SMARTS) is 1. The Morgan fingerprint density at radius 2 is 0.754 bits per heavy atom. The van der Waals surface area contributed by atoms with Crippen LogP contribution in [0.4, 0.5) is 4.79 Å². The molecular formula is C53H113Br3N4O5. The van der Waals surface area contributed by atoms with Crippen LogP contribution in [0.5, 0.6) is 0 Å². The van der Waals surface area contributed by atoms with E-state index in [0.29, 0.717) is 13.0 Å². The lowest BCUT2D eigenvalue weighted by Gasteiger charge is -2.19. The maximum Gasteiger partial charge on any atom is 0.407 e. The third-order valence-electron chi connectivity index (χ3n) is 11.1. The number of unbranched alkanes of at least 4 members (excludes halogenated alkanes) is 35. The van der Waals surface area contributed by atoms with E-state index in [1.807, 2.05) is 20.8 Å². The number of halogens is 3. The summed E-state index contributed by atoms with van der Waals surface area (Å²) < 4.78 is 5.18. The monoisotopic (exact) mass is 1120 g/mol. The zero-order valence-electron chi connectivity index (χ0n) is 43.3. The van der Waals surface area contributed by atoms with Crippen molar-refractivity contribution in [2.45, 2.75) is 283 Å². The van der Waals surface area contributed by atoms with Crippen molar-refractivity contribution < 1.29 is 47.3 Å². The molecule has 0 aromatic heterocycles. The lowest BCUT2D eigenvalue weighted by molar-refractivity contribution is -0.368. The molecule has 0 radical (unpaired) electrons. The second-order valence-electron chi connectivity index (χ2n) is 18.9. The standard InChI is InChI=1S/C17H34BrNO2.C12H26BrN.C12H25NO2.C12H27NO.BrH/c1-17(2,3)21-16(20)19-15-13-11-9-7-5-4-6-8-10-12-14-18;13-11-9-7-5-3-1-2-4-6-8-10-12-14;13-11-9-7-5-3-1-2-4-6-8-10-12(14)15;13-11-9-7-5-3-1-2-4-6-8-10-12-14;/h4-15H2,1-3H3,(H,19,20);1-12,14H2;1-11,13H2,(H,14,15);14H,1-13H2;1H. The van der Waals surface area contributed by atoms with E-state index in [1.54, 1.807) is 0 Å². The molecule has 65 heavy (non-hydrogen) atoms. The Labute approximate surface area is 432 Å². The number of quaternary nitrogens is 1. The summed E-state index contributed by atoms with van der Waals surface area (Å²) in [4.78, 5) is 21.6. The minimum Gasteiger partial charge on any atom is -1.00 e. The molecule has 1 amide bonds. The fraction of sp³-hybridized carbons (Fsp3) is 0.962. The molecule has 9 nitrogen and oxygen atoms in total. The Balaban J connectivity index is -0.000000249. The molecule has 396 valence electrons. The average molecular weight is 1130 g/mol. The molecule has 0 heterocycles. The first-order chi connectivity index (χ1) is 31.1. The summed E-state index contributed by atoms with van der Waals surface area (Å²) >= 11 is 6.92. The van der Waals surface area contributed by atoms with Crippen LogP contribution >= 0.6 is 31.9 Å². The molecule has 12 heteroatoms. The number of alkyl halides is 2. The number of carbonyl (C=O) groups excluding carboxylic acids is 1. The Hall–Kier alpha value is 0.0200. The number of amides is 1. The summed E-state index contributed by atoms with van der Waals surface area (Å²) in [5, 5.41) is 22.1. The molecule has 0 aliphatic rings. The van der Waals surface area contributed by atoms with E-state index in [9.17, 15) is 9.59 Å². The second kappa shape index (κ2) is 68.3. The highest BCUT2D eigenvalue weighted by Crippen LogP contribution is 2.14. The van der Waals surface area contributed by atoms with Gasteiger partial charge < -0.3 is 54.4 Å². The Morgan fingerprint density at radius 1 is 0.477 bits per heavy atom. The zero-order valence-corrected chi connectivity index (χ0v) is 48.1. The molecule has 0 rings (SSSR count). The van der Waals surface area contributed by atoms with Crippen LogP contribution in [0.15, 0.2) is 0 Å². The second-order valence-corrected chi connectivity index (χ2v) is 20.5. The summed E-state index contributed by atoms with van der Waals surface area (Å²) in [6.07, 6.45) is 50.6. The Morgan fingerprint density at radius 3 is 1.03 bits per heavy atom. The van der Waals surface area contributed by atoms with Crippen molar-refractivity contribution in [2.24, 2.45) is 11.5 Å². The minimum atomic E-state index is -0.670. The third kappa shape index (κ3) is 87.6. The van der Waals surface area contributed by atoms with Crippen molar-refractivity contribution >= 4 is 43.9 Å². The maximum atomic E-state index is 11.4. The van der Waals surface area contributed by atoms with Crippen molar-refractivity contribution in [3.63, 3.8) is 0 Å². The summed E-state index contributed by atoms with van der Waals surface area (Å²) in [6.45, 7) is 9.51. The number of hydrogen-bond donors (Lipinski definition) is 6. The van der Waals surface area contributed by atoms with E-state index >= 15 is 0 Å². The molecule has 0 saturated carbocycles. The molecule has 0 spiro atoms. The van der Waals surface area contributed by atoms with Crippen molar-refractivity contribution in [2.75, 3.05) is 43.4 Å². The van der Waals surface area contributed by atoms with Gasteiger partial charge in [-0.3, -0.25) is 4.79 Å². The molecule has 0 aliphatic carbocycles. The number of hydrogen-bond acceptors (Lipinski definition) is 6. The lowest BCUT2D eigenvalue weighted by Crippen LogP contribution is -3.00. The van der Waals surface area contributed by atoms with Gasteiger partial charge >= 0.3 is 12.1 Å². The van der Waals surface area contributed by atoms with Gasteiger partial charge in [0.15, 0.2) is 0 Å². The summed E-state index contributed by atoms with van der Waals surface area (Å²) in [6, 6.07) is 0. The molecule has 0 aromatic rings. The first-order valence-corrected chi connectivity index (χ1v) is 29.4. The number of nitrogens with two attached hydrogens (primary N) is 2. The molecule has 10 N–H and O–H groups in total. The van der Waals surface area contributed by atoms with Crippen LogP contribution in [0.2, 0.25) is 0 Å². The number of rotatable bonds is 45.